The van der Waals surface area contributed by atoms with Crippen LogP contribution in [-0.4, -0.2) is 39.2 Å². The molecule has 0 radical (unpaired) electrons. The molecule has 1 aromatic heterocycles. The number of hydrogen-bond donors (Lipinski definition) is 3. The predicted molar refractivity (Wildman–Crippen MR) is 135 cm³/mol. The molecule has 4 aromatic rings. The molecule has 0 aliphatic carbocycles. The zero-order valence-corrected chi connectivity index (χ0v) is 18.8. The maximum atomic E-state index is 10.8. The summed E-state index contributed by atoms with van der Waals surface area (Å²) in [7, 11) is 1.61. The topological polar surface area (TPSA) is 113 Å². The number of carboxylic acid groups (broad SMARTS) is 2. The van der Waals surface area contributed by atoms with Crippen LogP contribution in [0.4, 0.5) is 0 Å². The van der Waals surface area contributed by atoms with Crippen molar-refractivity contribution >= 4 is 24.1 Å². The SMILES string of the molecule is COc1ccc(-c2nc(-c3ccc(/C=C/C(=O)O)cc3)c(-c3ccc(/C=C/C(=O)O)cc3)[nH]2)cc1. The van der Waals surface area contributed by atoms with Crippen molar-refractivity contribution in [2.75, 3.05) is 7.11 Å². The first-order valence-corrected chi connectivity index (χ1v) is 10.7. The number of aromatic amines is 1. The molecule has 0 bridgehead atoms. The summed E-state index contributed by atoms with van der Waals surface area (Å²) >= 11 is 0. The molecule has 0 saturated carbocycles. The molecular formula is C28H22N2O5. The lowest BCUT2D eigenvalue weighted by Gasteiger charge is -2.05. The average Bonchev–Trinajstić information content (AvgIpc) is 3.32. The average molecular weight is 466 g/mol. The van der Waals surface area contributed by atoms with Crippen LogP contribution >= 0.6 is 0 Å². The van der Waals surface area contributed by atoms with Crippen molar-refractivity contribution in [3.05, 3.63) is 96.1 Å². The summed E-state index contributed by atoms with van der Waals surface area (Å²) in [5, 5.41) is 17.7. The molecule has 4 rings (SSSR count). The van der Waals surface area contributed by atoms with Crippen molar-refractivity contribution in [3.63, 3.8) is 0 Å². The monoisotopic (exact) mass is 466 g/mol. The minimum absolute atomic E-state index is 0.683. The molecule has 174 valence electrons. The van der Waals surface area contributed by atoms with E-state index in [1.165, 1.54) is 12.2 Å². The van der Waals surface area contributed by atoms with Crippen LogP contribution in [0.1, 0.15) is 11.1 Å². The third kappa shape index (κ3) is 5.72. The summed E-state index contributed by atoms with van der Waals surface area (Å²) in [6.07, 6.45) is 5.26. The quantitative estimate of drug-likeness (QED) is 0.291. The van der Waals surface area contributed by atoms with Crippen LogP contribution < -0.4 is 4.74 Å². The molecule has 0 fully saturated rings. The predicted octanol–water partition coefficient (Wildman–Crippen LogP) is 5.61. The zero-order valence-electron chi connectivity index (χ0n) is 18.8. The molecule has 3 aromatic carbocycles. The number of aliphatic carboxylic acids is 2. The van der Waals surface area contributed by atoms with Gasteiger partial charge in [0.1, 0.15) is 11.6 Å². The summed E-state index contributed by atoms with van der Waals surface area (Å²) < 4.78 is 5.25. The van der Waals surface area contributed by atoms with E-state index in [1.807, 2.05) is 72.8 Å². The highest BCUT2D eigenvalue weighted by atomic mass is 16.5. The number of ether oxygens (including phenoxy) is 1. The van der Waals surface area contributed by atoms with Crippen LogP contribution in [0.5, 0.6) is 5.75 Å². The molecular weight excluding hydrogens is 444 g/mol. The second-order valence-corrected chi connectivity index (χ2v) is 7.62. The van der Waals surface area contributed by atoms with Gasteiger partial charge in [-0.3, -0.25) is 0 Å². The number of carbonyl (C=O) groups is 2. The largest absolute Gasteiger partial charge is 0.497 e. The van der Waals surface area contributed by atoms with E-state index < -0.39 is 11.9 Å². The van der Waals surface area contributed by atoms with E-state index in [1.54, 1.807) is 7.11 Å². The first-order chi connectivity index (χ1) is 16.9. The lowest BCUT2D eigenvalue weighted by Crippen LogP contribution is -1.87. The lowest BCUT2D eigenvalue weighted by molar-refractivity contribution is -0.132. The second kappa shape index (κ2) is 10.4. The van der Waals surface area contributed by atoms with Gasteiger partial charge in [-0.1, -0.05) is 48.5 Å². The van der Waals surface area contributed by atoms with Gasteiger partial charge in [-0.2, -0.15) is 0 Å². The number of nitrogens with zero attached hydrogens (tertiary/aromatic N) is 1. The molecule has 0 amide bonds. The molecule has 7 heteroatoms. The highest BCUT2D eigenvalue weighted by molar-refractivity contribution is 5.87. The van der Waals surface area contributed by atoms with E-state index in [2.05, 4.69) is 4.98 Å². The Bertz CT molecular complexity index is 1310. The van der Waals surface area contributed by atoms with Crippen LogP contribution in [0.3, 0.4) is 0 Å². The van der Waals surface area contributed by atoms with Crippen molar-refractivity contribution in [3.8, 4) is 39.7 Å². The zero-order chi connectivity index (χ0) is 24.8. The molecule has 1 heterocycles. The van der Waals surface area contributed by atoms with Gasteiger partial charge >= 0.3 is 11.9 Å². The highest BCUT2D eigenvalue weighted by Gasteiger charge is 2.15. The van der Waals surface area contributed by atoms with Crippen molar-refractivity contribution in [1.82, 2.24) is 9.97 Å². The maximum absolute atomic E-state index is 10.8. The molecule has 0 aliphatic heterocycles. The number of hydrogen-bond acceptors (Lipinski definition) is 4. The first kappa shape index (κ1) is 23.3. The van der Waals surface area contributed by atoms with Crippen LogP contribution in [0, 0.1) is 0 Å². The molecule has 3 N–H and O–H groups in total. The van der Waals surface area contributed by atoms with Gasteiger partial charge in [-0.25, -0.2) is 14.6 Å². The standard InChI is InChI=1S/C28H22N2O5/c1-35-23-14-12-22(13-15-23)28-29-26(20-8-2-18(3-9-20)6-16-24(31)32)27(30-28)21-10-4-19(5-11-21)7-17-25(33)34/h2-17H,1H3,(H,29,30)(H,31,32)(H,33,34)/b16-6+,17-7+. The fourth-order valence-electron chi connectivity index (χ4n) is 3.52. The molecule has 0 saturated heterocycles. The van der Waals surface area contributed by atoms with E-state index in [-0.39, 0.29) is 0 Å². The third-order valence-corrected chi connectivity index (χ3v) is 5.29. The van der Waals surface area contributed by atoms with Crippen molar-refractivity contribution in [2.24, 2.45) is 0 Å². The van der Waals surface area contributed by atoms with Crippen LogP contribution in [0.25, 0.3) is 46.1 Å². The highest BCUT2D eigenvalue weighted by Crippen LogP contribution is 2.34. The Morgan fingerprint density at radius 1 is 0.743 bits per heavy atom. The molecule has 7 nitrogen and oxygen atoms in total. The Hall–Kier alpha value is -4.91. The number of nitrogens with one attached hydrogen (secondary N) is 1. The Labute approximate surface area is 201 Å². The van der Waals surface area contributed by atoms with E-state index in [0.29, 0.717) is 5.82 Å². The normalized spacial score (nSPS) is 11.2. The van der Waals surface area contributed by atoms with Gasteiger partial charge in [0, 0.05) is 28.8 Å². The van der Waals surface area contributed by atoms with E-state index in [9.17, 15) is 9.59 Å². The summed E-state index contributed by atoms with van der Waals surface area (Å²) in [5.41, 5.74) is 5.70. The summed E-state index contributed by atoms with van der Waals surface area (Å²) in [4.78, 5) is 29.9. The number of benzene rings is 3. The number of H-pyrrole nitrogens is 1. The Morgan fingerprint density at radius 2 is 1.23 bits per heavy atom. The lowest BCUT2D eigenvalue weighted by atomic mass is 10.0. The minimum atomic E-state index is -1.01. The molecule has 0 unspecified atom stereocenters. The Morgan fingerprint density at radius 3 is 1.71 bits per heavy atom. The Kier molecular flexibility index (Phi) is 6.88. The molecule has 0 atom stereocenters. The number of imidazole rings is 1. The fraction of sp³-hybridized carbons (Fsp3) is 0.0357. The third-order valence-electron chi connectivity index (χ3n) is 5.29. The van der Waals surface area contributed by atoms with Crippen LogP contribution in [0.2, 0.25) is 0 Å². The van der Waals surface area contributed by atoms with Gasteiger partial charge in [-0.15, -0.1) is 0 Å². The summed E-state index contributed by atoms with van der Waals surface area (Å²) in [6.45, 7) is 0. The van der Waals surface area contributed by atoms with Gasteiger partial charge < -0.3 is 19.9 Å². The first-order valence-electron chi connectivity index (χ1n) is 10.7. The van der Waals surface area contributed by atoms with Crippen molar-refractivity contribution in [2.45, 2.75) is 0 Å². The van der Waals surface area contributed by atoms with Crippen LogP contribution in [0.15, 0.2) is 84.9 Å². The van der Waals surface area contributed by atoms with Crippen molar-refractivity contribution < 1.29 is 24.5 Å². The molecule has 35 heavy (non-hydrogen) atoms. The van der Waals surface area contributed by atoms with Gasteiger partial charge in [0.2, 0.25) is 0 Å². The van der Waals surface area contributed by atoms with Gasteiger partial charge in [0.05, 0.1) is 18.5 Å². The number of rotatable bonds is 8. The second-order valence-electron chi connectivity index (χ2n) is 7.62. The Balaban J connectivity index is 1.76. The van der Waals surface area contributed by atoms with E-state index >= 15 is 0 Å². The number of methoxy groups -OCH3 is 1. The number of carboxylic acids is 2. The smallest absolute Gasteiger partial charge is 0.328 e. The number of aromatic nitrogens is 2. The summed E-state index contributed by atoms with van der Waals surface area (Å²) in [6, 6.07) is 22.5. The van der Waals surface area contributed by atoms with Gasteiger partial charge in [0.25, 0.3) is 0 Å². The molecule has 0 aliphatic rings. The van der Waals surface area contributed by atoms with E-state index in [0.717, 1.165) is 57.1 Å². The van der Waals surface area contributed by atoms with Gasteiger partial charge in [-0.05, 0) is 47.5 Å². The van der Waals surface area contributed by atoms with E-state index in [4.69, 9.17) is 19.9 Å². The minimum Gasteiger partial charge on any atom is -0.497 e. The van der Waals surface area contributed by atoms with Crippen molar-refractivity contribution in [1.29, 1.82) is 0 Å². The summed E-state index contributed by atoms with van der Waals surface area (Å²) in [5.74, 6) is -0.580. The molecule has 0 spiro atoms. The van der Waals surface area contributed by atoms with Crippen LogP contribution in [-0.2, 0) is 9.59 Å². The maximum Gasteiger partial charge on any atom is 0.328 e. The fourth-order valence-corrected chi connectivity index (χ4v) is 3.52. The van der Waals surface area contributed by atoms with Gasteiger partial charge in [0.15, 0.2) is 0 Å².